The van der Waals surface area contributed by atoms with E-state index in [1.807, 2.05) is 0 Å². The average Bonchev–Trinajstić information content (AvgIpc) is 2.16. The van der Waals surface area contributed by atoms with Crippen LogP contribution in [0.4, 0.5) is 0 Å². The van der Waals surface area contributed by atoms with Gasteiger partial charge in [0.1, 0.15) is 10.1 Å². The topological polar surface area (TPSA) is 46.2 Å². The summed E-state index contributed by atoms with van der Waals surface area (Å²) in [6.07, 6.45) is 0. The van der Waals surface area contributed by atoms with Crippen molar-refractivity contribution in [3.05, 3.63) is 28.8 Å². The van der Waals surface area contributed by atoms with Crippen molar-refractivity contribution in [3.8, 4) is 5.75 Å². The van der Waals surface area contributed by atoms with Crippen LogP contribution in [0.3, 0.4) is 0 Å². The fraction of sp³-hybridized carbons (Fsp3) is 0.562. The number of aryl methyl sites for hydroxylation is 1. The Bertz CT molecular complexity index is 443. The summed E-state index contributed by atoms with van der Waals surface area (Å²) < 4.78 is 0.194. The Labute approximate surface area is 134 Å². The van der Waals surface area contributed by atoms with E-state index >= 15 is 0 Å². The first-order valence-corrected chi connectivity index (χ1v) is 7.45. The number of aromatic hydroxyl groups is 1. The van der Waals surface area contributed by atoms with E-state index in [1.54, 1.807) is 0 Å². The molecule has 0 aliphatic carbocycles. The van der Waals surface area contributed by atoms with Crippen molar-refractivity contribution in [2.24, 2.45) is 5.73 Å². The molecule has 0 unspecified atom stereocenters. The number of rotatable bonds is 0. The monoisotopic (exact) mass is 313 g/mol. The highest BCUT2D eigenvalue weighted by atomic mass is 32.1. The minimum atomic E-state index is -0.0178. The lowest BCUT2D eigenvalue weighted by molar-refractivity contribution is 0.423. The Morgan fingerprint density at radius 2 is 1.30 bits per heavy atom. The van der Waals surface area contributed by atoms with Gasteiger partial charge >= 0.3 is 0 Å². The molecular weight excluding hydrogens is 286 g/mol. The molecule has 0 aliphatic rings. The van der Waals surface area contributed by atoms with Crippen LogP contribution in [0.5, 0.6) is 5.75 Å². The zero-order valence-electron chi connectivity index (χ0n) is 13.5. The van der Waals surface area contributed by atoms with E-state index in [-0.39, 0.29) is 15.2 Å². The van der Waals surface area contributed by atoms with E-state index in [2.05, 4.69) is 85.4 Å². The second-order valence-electron chi connectivity index (χ2n) is 7.05. The summed E-state index contributed by atoms with van der Waals surface area (Å²) in [6, 6.07) is 4.18. The largest absolute Gasteiger partial charge is 0.507 e. The minimum absolute atomic E-state index is 0.0178. The molecule has 1 aromatic rings. The molecule has 4 heteroatoms. The van der Waals surface area contributed by atoms with Crippen LogP contribution < -0.4 is 5.73 Å². The highest BCUT2D eigenvalue weighted by molar-refractivity contribution is 8.10. The van der Waals surface area contributed by atoms with Crippen molar-refractivity contribution in [3.63, 3.8) is 0 Å². The normalized spacial score (nSPS) is 11.6. The minimum Gasteiger partial charge on any atom is -0.507 e. The summed E-state index contributed by atoms with van der Waals surface area (Å²) in [5, 5.41) is 10.4. The van der Waals surface area contributed by atoms with Gasteiger partial charge < -0.3 is 10.8 Å². The predicted molar refractivity (Wildman–Crippen MR) is 96.0 cm³/mol. The molecule has 0 saturated heterocycles. The lowest BCUT2D eigenvalue weighted by Gasteiger charge is -2.27. The van der Waals surface area contributed by atoms with E-state index in [1.165, 1.54) is 5.56 Å². The van der Waals surface area contributed by atoms with Crippen LogP contribution in [-0.4, -0.2) is 9.43 Å². The maximum Gasteiger partial charge on any atom is 0.128 e. The molecular formula is C16H27NOS2. The third-order valence-corrected chi connectivity index (χ3v) is 2.87. The molecule has 3 N–H and O–H groups in total. The molecule has 0 aliphatic heterocycles. The third-order valence-electron chi connectivity index (χ3n) is 2.87. The molecule has 0 heterocycles. The van der Waals surface area contributed by atoms with Gasteiger partial charge in [0, 0.05) is 0 Å². The standard InChI is InChI=1S/C15H24O.CH3NS2/c1-10-8-11(14(2,3)4)13(16)12(9-10)15(5,6)7;2-1(3)4/h8-9,16H,1-7H3;(H3,2,3,4). The van der Waals surface area contributed by atoms with Gasteiger partial charge in [-0.1, -0.05) is 71.5 Å². The van der Waals surface area contributed by atoms with Gasteiger partial charge in [0.25, 0.3) is 0 Å². The van der Waals surface area contributed by atoms with Crippen molar-refractivity contribution >= 4 is 29.2 Å². The van der Waals surface area contributed by atoms with Gasteiger partial charge in [-0.2, -0.15) is 0 Å². The molecule has 0 aromatic heterocycles. The van der Waals surface area contributed by atoms with Crippen molar-refractivity contribution in [1.29, 1.82) is 0 Å². The van der Waals surface area contributed by atoms with Crippen LogP contribution in [0.25, 0.3) is 0 Å². The first-order chi connectivity index (χ1) is 8.76. The molecule has 114 valence electrons. The summed E-state index contributed by atoms with van der Waals surface area (Å²) in [5.41, 5.74) is 7.97. The second kappa shape index (κ2) is 6.81. The molecule has 0 saturated carbocycles. The van der Waals surface area contributed by atoms with Gasteiger partial charge in [0.05, 0.1) is 0 Å². The summed E-state index contributed by atoms with van der Waals surface area (Å²) >= 11 is 7.65. The number of phenolic OH excluding ortho intramolecular Hbond substituents is 1. The molecule has 2 nitrogen and oxygen atoms in total. The Hall–Kier alpha value is -0.740. The van der Waals surface area contributed by atoms with Gasteiger partial charge in [0.15, 0.2) is 0 Å². The number of thiol groups is 1. The van der Waals surface area contributed by atoms with E-state index in [9.17, 15) is 5.11 Å². The van der Waals surface area contributed by atoms with Crippen LogP contribution in [0.15, 0.2) is 12.1 Å². The zero-order valence-corrected chi connectivity index (χ0v) is 15.2. The third kappa shape index (κ3) is 6.14. The first kappa shape index (κ1) is 19.3. The highest BCUT2D eigenvalue weighted by Gasteiger charge is 2.25. The van der Waals surface area contributed by atoms with Gasteiger partial charge in [-0.25, -0.2) is 0 Å². The number of thiocarbonyl (C=S) groups is 1. The number of hydrogen-bond donors (Lipinski definition) is 3. The molecule has 0 amide bonds. The molecule has 1 aromatic carbocycles. The SMILES string of the molecule is Cc1cc(C(C)(C)C)c(O)c(C(C)(C)C)c1.NC(=S)S. The highest BCUT2D eigenvalue weighted by Crippen LogP contribution is 2.39. The Morgan fingerprint density at radius 1 is 1.05 bits per heavy atom. The van der Waals surface area contributed by atoms with E-state index < -0.39 is 0 Å². The van der Waals surface area contributed by atoms with Gasteiger partial charge in [0.2, 0.25) is 0 Å². The summed E-state index contributed by atoms with van der Waals surface area (Å²) in [7, 11) is 0. The van der Waals surface area contributed by atoms with Crippen molar-refractivity contribution < 1.29 is 5.11 Å². The quantitative estimate of drug-likeness (QED) is 0.489. The van der Waals surface area contributed by atoms with Crippen molar-refractivity contribution in [2.45, 2.75) is 59.3 Å². The molecule has 0 spiro atoms. The molecule has 0 fully saturated rings. The van der Waals surface area contributed by atoms with Crippen LogP contribution in [0.1, 0.15) is 58.2 Å². The fourth-order valence-corrected chi connectivity index (χ4v) is 1.92. The van der Waals surface area contributed by atoms with E-state index in [4.69, 9.17) is 5.73 Å². The van der Waals surface area contributed by atoms with E-state index in [0.29, 0.717) is 5.75 Å². The maximum atomic E-state index is 10.4. The smallest absolute Gasteiger partial charge is 0.128 e. The molecule has 0 atom stereocenters. The zero-order chi connectivity index (χ0) is 16.3. The molecule has 1 rings (SSSR count). The molecule has 0 bridgehead atoms. The predicted octanol–water partition coefficient (Wildman–Crippen LogP) is 4.46. The number of hydrogen-bond acceptors (Lipinski definition) is 2. The lowest BCUT2D eigenvalue weighted by atomic mass is 9.78. The van der Waals surface area contributed by atoms with E-state index in [0.717, 1.165) is 11.1 Å². The lowest BCUT2D eigenvalue weighted by Crippen LogP contribution is -2.17. The van der Waals surface area contributed by atoms with Crippen LogP contribution in [0.2, 0.25) is 0 Å². The Kier molecular flexibility index (Phi) is 6.56. The molecule has 20 heavy (non-hydrogen) atoms. The maximum absolute atomic E-state index is 10.4. The number of benzene rings is 1. The Balaban J connectivity index is 0.000000796. The van der Waals surface area contributed by atoms with Crippen LogP contribution >= 0.6 is 24.8 Å². The van der Waals surface area contributed by atoms with Crippen molar-refractivity contribution in [2.75, 3.05) is 0 Å². The summed E-state index contributed by atoms with van der Waals surface area (Å²) in [5.74, 6) is 0.464. The first-order valence-electron chi connectivity index (χ1n) is 6.59. The van der Waals surface area contributed by atoms with Crippen LogP contribution in [0, 0.1) is 6.92 Å². The van der Waals surface area contributed by atoms with Gasteiger partial charge in [-0.15, -0.1) is 12.6 Å². The second-order valence-corrected chi connectivity index (χ2v) is 8.27. The van der Waals surface area contributed by atoms with Gasteiger partial charge in [-0.3, -0.25) is 0 Å². The van der Waals surface area contributed by atoms with Crippen LogP contribution in [-0.2, 0) is 10.8 Å². The molecule has 0 radical (unpaired) electrons. The fourth-order valence-electron chi connectivity index (χ4n) is 1.92. The summed E-state index contributed by atoms with van der Waals surface area (Å²) in [6.45, 7) is 14.9. The van der Waals surface area contributed by atoms with Crippen molar-refractivity contribution in [1.82, 2.24) is 0 Å². The average molecular weight is 314 g/mol. The summed E-state index contributed by atoms with van der Waals surface area (Å²) in [4.78, 5) is 0. The number of phenols is 1. The van der Waals surface area contributed by atoms with Gasteiger partial charge in [-0.05, 0) is 28.9 Å². The number of nitrogens with two attached hydrogens (primary N) is 1. The Morgan fingerprint density at radius 3 is 1.50 bits per heavy atom.